The van der Waals surface area contributed by atoms with Crippen molar-refractivity contribution >= 4 is 6.21 Å². The van der Waals surface area contributed by atoms with Gasteiger partial charge in [0, 0.05) is 12.4 Å². The summed E-state index contributed by atoms with van der Waals surface area (Å²) >= 11 is 0. The van der Waals surface area contributed by atoms with Gasteiger partial charge in [-0.1, -0.05) is 18.2 Å². The Morgan fingerprint density at radius 2 is 2.33 bits per heavy atom. The standard InChI is InChI=1S/C8H13N/c1-4-9-7-5-6-8(2)3/h4-5,7H,2,6H2,1,3H3. The summed E-state index contributed by atoms with van der Waals surface area (Å²) in [6.45, 7) is 7.64. The molecule has 0 radical (unpaired) electrons. The number of nitrogens with zero attached hydrogens (tertiary/aromatic N) is 1. The van der Waals surface area contributed by atoms with Gasteiger partial charge in [-0.2, -0.15) is 0 Å². The van der Waals surface area contributed by atoms with E-state index >= 15 is 0 Å². The Kier molecular flexibility index (Phi) is 4.79. The lowest BCUT2D eigenvalue weighted by atomic mass is 10.2. The number of aliphatic imine (C=N–C) groups is 1. The fourth-order valence-electron chi connectivity index (χ4n) is 0.401. The molecule has 1 nitrogen and oxygen atoms in total. The van der Waals surface area contributed by atoms with E-state index in [1.807, 2.05) is 19.9 Å². The SMILES string of the molecule is C=C(C)CC=CN=CC. The van der Waals surface area contributed by atoms with Crippen molar-refractivity contribution in [3.05, 3.63) is 24.4 Å². The molecule has 9 heavy (non-hydrogen) atoms. The maximum atomic E-state index is 3.90. The first-order valence-electron chi connectivity index (χ1n) is 3.04. The molecule has 0 spiro atoms. The van der Waals surface area contributed by atoms with Crippen LogP contribution >= 0.6 is 0 Å². The smallest absolute Gasteiger partial charge is 0.0227 e. The molecule has 0 aromatic carbocycles. The summed E-state index contributed by atoms with van der Waals surface area (Å²) < 4.78 is 0. The lowest BCUT2D eigenvalue weighted by Crippen LogP contribution is -1.65. The van der Waals surface area contributed by atoms with Gasteiger partial charge in [-0.25, -0.2) is 0 Å². The fraction of sp³-hybridized carbons (Fsp3) is 0.375. The molecule has 0 aromatic heterocycles. The van der Waals surface area contributed by atoms with Crippen molar-refractivity contribution in [3.8, 4) is 0 Å². The van der Waals surface area contributed by atoms with Crippen molar-refractivity contribution in [3.63, 3.8) is 0 Å². The van der Waals surface area contributed by atoms with Crippen molar-refractivity contribution in [2.75, 3.05) is 0 Å². The highest BCUT2D eigenvalue weighted by molar-refractivity contribution is 5.54. The highest BCUT2D eigenvalue weighted by Crippen LogP contribution is 1.95. The van der Waals surface area contributed by atoms with Gasteiger partial charge in [0.05, 0.1) is 0 Å². The molecule has 0 bridgehead atoms. The monoisotopic (exact) mass is 123 g/mol. The van der Waals surface area contributed by atoms with Crippen LogP contribution in [0.4, 0.5) is 0 Å². The third-order valence-corrected chi connectivity index (χ3v) is 0.807. The second kappa shape index (κ2) is 5.29. The van der Waals surface area contributed by atoms with Crippen molar-refractivity contribution < 1.29 is 0 Å². The highest BCUT2D eigenvalue weighted by Gasteiger charge is 1.75. The molecule has 0 heterocycles. The average Bonchev–Trinajstić information content (AvgIpc) is 1.80. The first-order chi connectivity index (χ1) is 4.27. The molecule has 0 rings (SSSR count). The maximum absolute atomic E-state index is 3.90. The molecule has 0 aromatic rings. The summed E-state index contributed by atoms with van der Waals surface area (Å²) in [7, 11) is 0. The van der Waals surface area contributed by atoms with Crippen LogP contribution in [0.3, 0.4) is 0 Å². The largest absolute Gasteiger partial charge is 0.270 e. The van der Waals surface area contributed by atoms with E-state index in [1.165, 1.54) is 0 Å². The first kappa shape index (κ1) is 8.15. The molecule has 1 heteroatoms. The summed E-state index contributed by atoms with van der Waals surface area (Å²) in [5, 5.41) is 0. The Morgan fingerprint density at radius 3 is 2.78 bits per heavy atom. The van der Waals surface area contributed by atoms with Crippen LogP contribution in [0.15, 0.2) is 29.4 Å². The lowest BCUT2D eigenvalue weighted by molar-refractivity contribution is 1.22. The molecule has 0 amide bonds. The Hall–Kier alpha value is -0.850. The van der Waals surface area contributed by atoms with E-state index in [0.29, 0.717) is 0 Å². The quantitative estimate of drug-likeness (QED) is 0.404. The topological polar surface area (TPSA) is 12.4 Å². The Bertz CT molecular complexity index is 132. The second-order valence-corrected chi connectivity index (χ2v) is 1.95. The predicted molar refractivity (Wildman–Crippen MR) is 42.7 cm³/mol. The number of hydrogen-bond acceptors (Lipinski definition) is 1. The molecular weight excluding hydrogens is 110 g/mol. The van der Waals surface area contributed by atoms with Crippen molar-refractivity contribution in [1.82, 2.24) is 0 Å². The fourth-order valence-corrected chi connectivity index (χ4v) is 0.401. The number of hydrogen-bond donors (Lipinski definition) is 0. The van der Waals surface area contributed by atoms with Gasteiger partial charge >= 0.3 is 0 Å². The third-order valence-electron chi connectivity index (χ3n) is 0.807. The van der Waals surface area contributed by atoms with Crippen molar-refractivity contribution in [1.29, 1.82) is 0 Å². The lowest BCUT2D eigenvalue weighted by Gasteiger charge is -1.85. The van der Waals surface area contributed by atoms with E-state index in [-0.39, 0.29) is 0 Å². The van der Waals surface area contributed by atoms with Crippen LogP contribution in [-0.4, -0.2) is 6.21 Å². The van der Waals surface area contributed by atoms with Crippen molar-refractivity contribution in [2.24, 2.45) is 4.99 Å². The Balaban J connectivity index is 3.36. The van der Waals surface area contributed by atoms with E-state index < -0.39 is 0 Å². The van der Waals surface area contributed by atoms with E-state index in [9.17, 15) is 0 Å². The van der Waals surface area contributed by atoms with Crippen LogP contribution < -0.4 is 0 Å². The average molecular weight is 123 g/mol. The summed E-state index contributed by atoms with van der Waals surface area (Å²) in [6.07, 6.45) is 6.46. The van der Waals surface area contributed by atoms with Crippen LogP contribution in [0.1, 0.15) is 20.3 Å². The zero-order valence-electron chi connectivity index (χ0n) is 6.09. The maximum Gasteiger partial charge on any atom is 0.0227 e. The summed E-state index contributed by atoms with van der Waals surface area (Å²) in [6, 6.07) is 0. The zero-order valence-corrected chi connectivity index (χ0v) is 6.09. The molecular formula is C8H13N. The second-order valence-electron chi connectivity index (χ2n) is 1.95. The molecule has 0 unspecified atom stereocenters. The third kappa shape index (κ3) is 7.15. The molecule has 0 aliphatic carbocycles. The minimum Gasteiger partial charge on any atom is -0.270 e. The van der Waals surface area contributed by atoms with Gasteiger partial charge < -0.3 is 0 Å². The predicted octanol–water partition coefficient (Wildman–Crippen LogP) is 2.56. The number of allylic oxidation sites excluding steroid dienone is 2. The highest BCUT2D eigenvalue weighted by atomic mass is 14.6. The van der Waals surface area contributed by atoms with Crippen LogP contribution in [0.2, 0.25) is 0 Å². The molecule has 0 N–H and O–H groups in total. The van der Waals surface area contributed by atoms with E-state index in [4.69, 9.17) is 0 Å². The van der Waals surface area contributed by atoms with E-state index in [0.717, 1.165) is 12.0 Å². The normalized spacial score (nSPS) is 11.3. The molecule has 0 saturated carbocycles. The zero-order chi connectivity index (χ0) is 7.11. The molecule has 0 fully saturated rings. The van der Waals surface area contributed by atoms with Gasteiger partial charge in [0.2, 0.25) is 0 Å². The first-order valence-corrected chi connectivity index (χ1v) is 3.04. The molecule has 50 valence electrons. The summed E-state index contributed by atoms with van der Waals surface area (Å²) in [5.41, 5.74) is 1.16. The molecule has 0 aliphatic rings. The van der Waals surface area contributed by atoms with E-state index in [2.05, 4.69) is 11.6 Å². The van der Waals surface area contributed by atoms with Gasteiger partial charge in [-0.05, 0) is 20.3 Å². The van der Waals surface area contributed by atoms with Gasteiger partial charge in [-0.15, -0.1) is 0 Å². The molecule has 0 saturated heterocycles. The van der Waals surface area contributed by atoms with Gasteiger partial charge in [0.1, 0.15) is 0 Å². The minimum absolute atomic E-state index is 0.928. The van der Waals surface area contributed by atoms with Gasteiger partial charge in [-0.3, -0.25) is 4.99 Å². The van der Waals surface area contributed by atoms with Crippen LogP contribution in [0.5, 0.6) is 0 Å². The van der Waals surface area contributed by atoms with Crippen molar-refractivity contribution in [2.45, 2.75) is 20.3 Å². The molecule has 0 aliphatic heterocycles. The Labute approximate surface area is 56.8 Å². The number of rotatable bonds is 3. The Morgan fingerprint density at radius 1 is 1.67 bits per heavy atom. The van der Waals surface area contributed by atoms with Crippen LogP contribution in [0.25, 0.3) is 0 Å². The van der Waals surface area contributed by atoms with Gasteiger partial charge in [0.15, 0.2) is 0 Å². The minimum atomic E-state index is 0.928. The van der Waals surface area contributed by atoms with Gasteiger partial charge in [0.25, 0.3) is 0 Å². The summed E-state index contributed by atoms with van der Waals surface area (Å²) in [5.74, 6) is 0. The molecule has 0 atom stereocenters. The van der Waals surface area contributed by atoms with Crippen LogP contribution in [-0.2, 0) is 0 Å². The van der Waals surface area contributed by atoms with Crippen LogP contribution in [0, 0.1) is 0 Å². The summed E-state index contributed by atoms with van der Waals surface area (Å²) in [4.78, 5) is 3.90. The van der Waals surface area contributed by atoms with E-state index in [1.54, 1.807) is 12.4 Å².